The molecular weight excluding hydrogens is 436 g/mol. The summed E-state index contributed by atoms with van der Waals surface area (Å²) in [5, 5.41) is 12.5. The zero-order valence-electron chi connectivity index (χ0n) is 14.7. The molecule has 0 saturated carbocycles. The fourth-order valence-corrected chi connectivity index (χ4v) is 3.98. The number of ether oxygens (including phenoxy) is 2. The van der Waals surface area contributed by atoms with Crippen molar-refractivity contribution >= 4 is 45.5 Å². The van der Waals surface area contributed by atoms with Crippen molar-refractivity contribution in [3.8, 4) is 6.07 Å². The maximum Gasteiger partial charge on any atom is 0.319 e. The van der Waals surface area contributed by atoms with Crippen LogP contribution in [0.25, 0.3) is 0 Å². The van der Waals surface area contributed by atoms with Crippen molar-refractivity contribution < 1.29 is 23.9 Å². The standard InChI is InChI=1S/C18H17BrN2O5S/c1-3-26-13(22)9-27-17-12(8-20)14(10-5-4-6-11(19)7-10)15(16(23)21-17)18(24)25-2/h4-7,14-15H,3,9H2,1-2H3,(H,21,23)/t14-,15-/m1/s1. The maximum atomic E-state index is 12.6. The first-order valence-corrected chi connectivity index (χ1v) is 9.77. The van der Waals surface area contributed by atoms with E-state index in [4.69, 9.17) is 9.47 Å². The van der Waals surface area contributed by atoms with Crippen LogP contribution in [0.4, 0.5) is 0 Å². The van der Waals surface area contributed by atoms with Crippen molar-refractivity contribution in [1.29, 1.82) is 5.26 Å². The Morgan fingerprint density at radius 3 is 2.74 bits per heavy atom. The number of methoxy groups -OCH3 is 1. The molecule has 2 atom stereocenters. The molecule has 0 aliphatic carbocycles. The van der Waals surface area contributed by atoms with Gasteiger partial charge in [0.15, 0.2) is 0 Å². The highest BCUT2D eigenvalue weighted by molar-refractivity contribution is 9.10. The van der Waals surface area contributed by atoms with Crippen molar-refractivity contribution in [1.82, 2.24) is 5.32 Å². The molecule has 1 aromatic carbocycles. The molecular formula is C18H17BrN2O5S. The Hall–Kier alpha value is -2.31. The van der Waals surface area contributed by atoms with Gasteiger partial charge in [-0.05, 0) is 24.6 Å². The van der Waals surface area contributed by atoms with E-state index in [-0.39, 0.29) is 23.0 Å². The highest BCUT2D eigenvalue weighted by Crippen LogP contribution is 2.40. The highest BCUT2D eigenvalue weighted by Gasteiger charge is 2.44. The minimum absolute atomic E-state index is 0.0667. The average molecular weight is 453 g/mol. The monoisotopic (exact) mass is 452 g/mol. The van der Waals surface area contributed by atoms with Crippen molar-refractivity contribution in [2.75, 3.05) is 19.5 Å². The van der Waals surface area contributed by atoms with Gasteiger partial charge < -0.3 is 14.8 Å². The number of hydrogen-bond donors (Lipinski definition) is 1. The van der Waals surface area contributed by atoms with E-state index in [0.717, 1.165) is 16.2 Å². The molecule has 1 aromatic rings. The molecule has 1 heterocycles. The van der Waals surface area contributed by atoms with E-state index in [0.29, 0.717) is 5.56 Å². The van der Waals surface area contributed by atoms with Gasteiger partial charge in [0.05, 0.1) is 36.1 Å². The largest absolute Gasteiger partial charge is 0.468 e. The number of thioether (sulfide) groups is 1. The molecule has 7 nitrogen and oxygen atoms in total. The molecule has 1 aliphatic heterocycles. The number of nitrogens with one attached hydrogen (secondary N) is 1. The quantitative estimate of drug-likeness (QED) is 0.521. The van der Waals surface area contributed by atoms with Gasteiger partial charge in [-0.25, -0.2) is 0 Å². The molecule has 9 heteroatoms. The number of benzene rings is 1. The van der Waals surface area contributed by atoms with Crippen molar-refractivity contribution in [3.05, 3.63) is 44.9 Å². The number of allylic oxidation sites excluding steroid dienone is 1. The fraction of sp³-hybridized carbons (Fsp3) is 0.333. The Kier molecular flexibility index (Phi) is 7.45. The second kappa shape index (κ2) is 9.58. The Bertz CT molecular complexity index is 833. The number of rotatable bonds is 6. The van der Waals surface area contributed by atoms with Gasteiger partial charge in [-0.15, -0.1) is 0 Å². The summed E-state index contributed by atoms with van der Waals surface area (Å²) in [5.41, 5.74) is 0.804. The first-order valence-electron chi connectivity index (χ1n) is 7.99. The number of nitriles is 1. The second-order valence-electron chi connectivity index (χ2n) is 5.47. The molecule has 0 aromatic heterocycles. The minimum atomic E-state index is -1.20. The molecule has 0 spiro atoms. The summed E-state index contributed by atoms with van der Waals surface area (Å²) in [5.74, 6) is -3.88. The van der Waals surface area contributed by atoms with Crippen LogP contribution in [0.1, 0.15) is 18.4 Å². The Morgan fingerprint density at radius 1 is 1.41 bits per heavy atom. The highest BCUT2D eigenvalue weighted by atomic mass is 79.9. The van der Waals surface area contributed by atoms with Crippen molar-refractivity contribution in [2.45, 2.75) is 12.8 Å². The smallest absolute Gasteiger partial charge is 0.319 e. The van der Waals surface area contributed by atoms with E-state index >= 15 is 0 Å². The number of nitrogens with zero attached hydrogens (tertiary/aromatic N) is 1. The number of esters is 2. The van der Waals surface area contributed by atoms with Crippen LogP contribution in [0.2, 0.25) is 0 Å². The fourth-order valence-electron chi connectivity index (χ4n) is 2.71. The summed E-state index contributed by atoms with van der Waals surface area (Å²) >= 11 is 4.35. The van der Waals surface area contributed by atoms with E-state index in [1.165, 1.54) is 7.11 Å². The van der Waals surface area contributed by atoms with Crippen LogP contribution < -0.4 is 5.32 Å². The number of carbonyl (C=O) groups excluding carboxylic acids is 3. The average Bonchev–Trinajstić information content (AvgIpc) is 2.65. The summed E-state index contributed by atoms with van der Waals surface area (Å²) < 4.78 is 10.4. The number of amides is 1. The van der Waals surface area contributed by atoms with E-state index in [1.807, 2.05) is 0 Å². The summed E-state index contributed by atoms with van der Waals surface area (Å²) in [7, 11) is 1.19. The Labute approximate surface area is 169 Å². The van der Waals surface area contributed by atoms with Crippen molar-refractivity contribution in [2.24, 2.45) is 5.92 Å². The van der Waals surface area contributed by atoms with Gasteiger partial charge in [0.2, 0.25) is 5.91 Å². The van der Waals surface area contributed by atoms with Crippen LogP contribution in [0.5, 0.6) is 0 Å². The lowest BCUT2D eigenvalue weighted by Crippen LogP contribution is -2.44. The predicted molar refractivity (Wildman–Crippen MR) is 102 cm³/mol. The zero-order chi connectivity index (χ0) is 20.0. The lowest BCUT2D eigenvalue weighted by atomic mass is 9.78. The van der Waals surface area contributed by atoms with Crippen LogP contribution in [-0.4, -0.2) is 37.3 Å². The van der Waals surface area contributed by atoms with E-state index in [2.05, 4.69) is 27.3 Å². The number of hydrogen-bond acceptors (Lipinski definition) is 7. The normalized spacial score (nSPS) is 19.1. The van der Waals surface area contributed by atoms with Crippen LogP contribution in [0.3, 0.4) is 0 Å². The lowest BCUT2D eigenvalue weighted by Gasteiger charge is -2.30. The first kappa shape index (κ1) is 21.0. The molecule has 1 aliphatic rings. The molecule has 0 fully saturated rings. The molecule has 142 valence electrons. The molecule has 0 bridgehead atoms. The third-order valence-corrected chi connectivity index (χ3v) is 5.32. The molecule has 1 amide bonds. The number of halogens is 1. The van der Waals surface area contributed by atoms with Gasteiger partial charge in [-0.2, -0.15) is 5.26 Å². The molecule has 0 radical (unpaired) electrons. The van der Waals surface area contributed by atoms with E-state index in [1.54, 1.807) is 31.2 Å². The third kappa shape index (κ3) is 4.90. The van der Waals surface area contributed by atoms with Crippen LogP contribution in [-0.2, 0) is 23.9 Å². The Balaban J connectivity index is 2.50. The van der Waals surface area contributed by atoms with Gasteiger partial charge in [0.1, 0.15) is 5.92 Å². The van der Waals surface area contributed by atoms with E-state index in [9.17, 15) is 19.6 Å². The maximum absolute atomic E-state index is 12.6. The molecule has 0 saturated heterocycles. The zero-order valence-corrected chi connectivity index (χ0v) is 17.1. The summed E-state index contributed by atoms with van der Waals surface area (Å²) in [6, 6.07) is 9.10. The lowest BCUT2D eigenvalue weighted by molar-refractivity contribution is -0.150. The molecule has 2 rings (SSSR count). The molecule has 27 heavy (non-hydrogen) atoms. The van der Waals surface area contributed by atoms with E-state index < -0.39 is 29.7 Å². The van der Waals surface area contributed by atoms with Crippen LogP contribution in [0, 0.1) is 17.2 Å². The molecule has 1 N–H and O–H groups in total. The van der Waals surface area contributed by atoms with Gasteiger partial charge in [0, 0.05) is 10.4 Å². The number of carbonyl (C=O) groups is 3. The first-order chi connectivity index (χ1) is 12.9. The van der Waals surface area contributed by atoms with Crippen LogP contribution in [0.15, 0.2) is 39.3 Å². The summed E-state index contributed by atoms with van der Waals surface area (Å²) in [4.78, 5) is 36.5. The minimum Gasteiger partial charge on any atom is -0.468 e. The predicted octanol–water partition coefficient (Wildman–Crippen LogP) is 2.48. The summed E-state index contributed by atoms with van der Waals surface area (Å²) in [6.07, 6.45) is 0. The van der Waals surface area contributed by atoms with Crippen molar-refractivity contribution in [3.63, 3.8) is 0 Å². The van der Waals surface area contributed by atoms with Crippen LogP contribution >= 0.6 is 27.7 Å². The van der Waals surface area contributed by atoms with Gasteiger partial charge >= 0.3 is 11.9 Å². The Morgan fingerprint density at radius 2 is 2.15 bits per heavy atom. The summed E-state index contributed by atoms with van der Waals surface area (Å²) in [6.45, 7) is 1.93. The van der Waals surface area contributed by atoms with Gasteiger partial charge in [0.25, 0.3) is 0 Å². The molecule has 0 unspecified atom stereocenters. The van der Waals surface area contributed by atoms with Gasteiger partial charge in [-0.1, -0.05) is 39.8 Å². The SMILES string of the molecule is CCOC(=O)CSC1=C(C#N)[C@@H](c2cccc(Br)c2)[C@@H](C(=O)OC)C(=O)N1. The van der Waals surface area contributed by atoms with Gasteiger partial charge in [-0.3, -0.25) is 14.4 Å². The topological polar surface area (TPSA) is 105 Å². The third-order valence-electron chi connectivity index (χ3n) is 3.83. The second-order valence-corrected chi connectivity index (χ2v) is 7.37.